The number of halogens is 5. The number of nitrogens with zero attached hydrogens (tertiary/aromatic N) is 2. The molecule has 4 N–H and O–H groups in total. The first-order chi connectivity index (χ1) is 23.2. The second-order valence-electron chi connectivity index (χ2n) is 9.85. The number of methoxy groups -OCH3 is 2. The molecule has 49 heavy (non-hydrogen) atoms. The summed E-state index contributed by atoms with van der Waals surface area (Å²) in [6.45, 7) is 0. The fourth-order valence-electron chi connectivity index (χ4n) is 4.52. The second-order valence-corrected chi connectivity index (χ2v) is 14.4. The summed E-state index contributed by atoms with van der Waals surface area (Å²) < 4.78 is 92.6. The topological polar surface area (TPSA) is 179 Å². The zero-order valence-corrected chi connectivity index (χ0v) is 28.8. The van der Waals surface area contributed by atoms with Crippen LogP contribution < -0.4 is 18.9 Å². The number of nitriles is 1. The Labute approximate surface area is 292 Å². The van der Waals surface area contributed by atoms with Gasteiger partial charge in [0.2, 0.25) is 5.88 Å². The Morgan fingerprint density at radius 1 is 0.776 bits per heavy atom. The minimum atomic E-state index is -4.10. The van der Waals surface area contributed by atoms with E-state index in [1.807, 2.05) is 0 Å². The van der Waals surface area contributed by atoms with E-state index < -0.39 is 37.5 Å². The van der Waals surface area contributed by atoms with E-state index in [4.69, 9.17) is 49.5 Å². The third-order valence-electron chi connectivity index (χ3n) is 6.77. The van der Waals surface area contributed by atoms with E-state index >= 15 is 0 Å². The molecule has 0 aliphatic carbocycles. The number of aromatic amines is 2. The van der Waals surface area contributed by atoms with Gasteiger partial charge in [-0.25, -0.2) is 25.6 Å². The normalized spacial score (nSPS) is 11.5. The van der Waals surface area contributed by atoms with Crippen LogP contribution in [0.25, 0.3) is 21.8 Å². The van der Waals surface area contributed by atoms with Gasteiger partial charge in [0.05, 0.1) is 25.5 Å². The van der Waals surface area contributed by atoms with Crippen LogP contribution in [0.3, 0.4) is 0 Å². The summed E-state index contributed by atoms with van der Waals surface area (Å²) in [5.41, 5.74) is 0.722. The molecule has 0 saturated heterocycles. The zero-order valence-electron chi connectivity index (χ0n) is 24.9. The van der Waals surface area contributed by atoms with Gasteiger partial charge in [-0.05, 0) is 36.4 Å². The maximum absolute atomic E-state index is 14.0. The van der Waals surface area contributed by atoms with Gasteiger partial charge in [0.25, 0.3) is 20.0 Å². The summed E-state index contributed by atoms with van der Waals surface area (Å²) >= 11 is 17.5. The van der Waals surface area contributed by atoms with Crippen molar-refractivity contribution in [3.05, 3.63) is 99.3 Å². The Morgan fingerprint density at radius 3 is 1.84 bits per heavy atom. The first-order valence-electron chi connectivity index (χ1n) is 13.4. The number of nitrogens with one attached hydrogen (secondary N) is 4. The molecule has 6 aromatic rings. The number of ether oxygens (including phenoxy) is 2. The lowest BCUT2D eigenvalue weighted by atomic mass is 10.2. The highest BCUT2D eigenvalue weighted by atomic mass is 35.5. The second kappa shape index (κ2) is 14.0. The molecule has 0 radical (unpaired) electrons. The molecule has 0 fully saturated rings. The van der Waals surface area contributed by atoms with Gasteiger partial charge < -0.3 is 19.4 Å². The van der Waals surface area contributed by atoms with Crippen LogP contribution in [0.4, 0.5) is 20.3 Å². The van der Waals surface area contributed by atoms with Crippen molar-refractivity contribution in [1.29, 1.82) is 5.26 Å². The molecule has 3 aromatic carbocycles. The quantitative estimate of drug-likeness (QED) is 0.123. The van der Waals surface area contributed by atoms with Crippen molar-refractivity contribution in [1.82, 2.24) is 15.0 Å². The molecule has 0 saturated carbocycles. The SMILES string of the molecule is COc1cc(C#N)c(F)cc1NS(=O)(=O)c1c[nH]c2cc(Cl)ccc12.COc1nc(NS(=O)(=O)c2c[nH]c3cc(Cl)ccc23)c(F)cc1Cl. The lowest BCUT2D eigenvalue weighted by Gasteiger charge is -2.12. The van der Waals surface area contributed by atoms with Crippen molar-refractivity contribution in [3.8, 4) is 17.7 Å². The van der Waals surface area contributed by atoms with E-state index in [1.54, 1.807) is 42.5 Å². The molecule has 0 bridgehead atoms. The summed E-state index contributed by atoms with van der Waals surface area (Å²) in [6.07, 6.45) is 2.60. The van der Waals surface area contributed by atoms with Gasteiger partial charge in [-0.2, -0.15) is 10.2 Å². The van der Waals surface area contributed by atoms with Gasteiger partial charge in [0.15, 0.2) is 11.6 Å². The number of anilines is 2. The van der Waals surface area contributed by atoms with E-state index in [-0.39, 0.29) is 37.7 Å². The number of pyridine rings is 1. The van der Waals surface area contributed by atoms with E-state index in [2.05, 4.69) is 24.4 Å². The van der Waals surface area contributed by atoms with Crippen LogP contribution in [-0.2, 0) is 20.0 Å². The molecule has 0 aliphatic rings. The minimum absolute atomic E-state index is 0.0222. The largest absolute Gasteiger partial charge is 0.495 e. The van der Waals surface area contributed by atoms with E-state index in [1.165, 1.54) is 26.6 Å². The minimum Gasteiger partial charge on any atom is -0.495 e. The highest BCUT2D eigenvalue weighted by Gasteiger charge is 2.24. The lowest BCUT2D eigenvalue weighted by Crippen LogP contribution is -2.15. The van der Waals surface area contributed by atoms with E-state index in [0.717, 1.165) is 18.2 Å². The lowest BCUT2D eigenvalue weighted by molar-refractivity contribution is 0.397. The van der Waals surface area contributed by atoms with Gasteiger partial charge >= 0.3 is 0 Å². The Kier molecular flexibility index (Phi) is 10.1. The summed E-state index contributed by atoms with van der Waals surface area (Å²) in [5.74, 6) is -2.36. The van der Waals surface area contributed by atoms with Gasteiger partial charge in [-0.15, -0.1) is 0 Å². The average molecular weight is 770 g/mol. The van der Waals surface area contributed by atoms with Crippen LogP contribution in [0.5, 0.6) is 11.6 Å². The first kappa shape index (κ1) is 35.5. The number of rotatable bonds is 8. The van der Waals surface area contributed by atoms with Crippen molar-refractivity contribution < 1.29 is 35.1 Å². The van der Waals surface area contributed by atoms with Crippen molar-refractivity contribution >= 4 is 88.2 Å². The molecule has 12 nitrogen and oxygen atoms in total. The molecular formula is C30H21Cl3F2N6O6S2. The van der Waals surface area contributed by atoms with Crippen LogP contribution in [0.1, 0.15) is 5.56 Å². The van der Waals surface area contributed by atoms with Crippen LogP contribution in [-0.4, -0.2) is 46.0 Å². The number of aromatic nitrogens is 3. The molecule has 3 heterocycles. The monoisotopic (exact) mass is 768 g/mol. The summed E-state index contributed by atoms with van der Waals surface area (Å²) in [7, 11) is -5.55. The Morgan fingerprint density at radius 2 is 1.33 bits per heavy atom. The number of hydrogen-bond donors (Lipinski definition) is 4. The molecule has 0 amide bonds. The molecule has 0 unspecified atom stereocenters. The highest BCUT2D eigenvalue weighted by molar-refractivity contribution is 7.93. The predicted octanol–water partition coefficient (Wildman–Crippen LogP) is 7.46. The average Bonchev–Trinajstić information content (AvgIpc) is 3.67. The van der Waals surface area contributed by atoms with Crippen LogP contribution >= 0.6 is 34.8 Å². The standard InChI is InChI=1S/C16H11ClFN3O3S.C14H10Cl2FN3O3S/c1-24-15-4-9(7-19)12(18)6-14(15)21-25(22,23)16-8-20-13-5-10(17)2-3-11(13)16;1-23-14-9(16)5-10(17)13(19-14)20-24(21,22)12-6-18-11-4-7(15)2-3-8(11)12/h2-6,8,20-21H,1H3;2-6,18H,1H3,(H,19,20). The molecule has 6 rings (SSSR count). The summed E-state index contributed by atoms with van der Waals surface area (Å²) in [6, 6.07) is 14.0. The maximum atomic E-state index is 14.0. The van der Waals surface area contributed by atoms with Crippen LogP contribution in [0.2, 0.25) is 15.1 Å². The van der Waals surface area contributed by atoms with Crippen LogP contribution in [0.15, 0.2) is 76.8 Å². The molecule has 0 spiro atoms. The fourth-order valence-corrected chi connectivity index (χ4v) is 7.51. The summed E-state index contributed by atoms with van der Waals surface area (Å²) in [4.78, 5) is 9.27. The van der Waals surface area contributed by atoms with Crippen molar-refractivity contribution in [2.24, 2.45) is 0 Å². The third-order valence-corrected chi connectivity index (χ3v) is 10.3. The first-order valence-corrected chi connectivity index (χ1v) is 17.5. The Balaban J connectivity index is 0.000000191. The number of fused-ring (bicyclic) bond motifs is 2. The van der Waals surface area contributed by atoms with Gasteiger partial charge in [0.1, 0.15) is 32.4 Å². The molecule has 19 heteroatoms. The van der Waals surface area contributed by atoms with Crippen molar-refractivity contribution in [2.45, 2.75) is 9.79 Å². The fraction of sp³-hybridized carbons (Fsp3) is 0.0667. The highest BCUT2D eigenvalue weighted by Crippen LogP contribution is 2.33. The van der Waals surface area contributed by atoms with Crippen molar-refractivity contribution in [2.75, 3.05) is 23.7 Å². The number of hydrogen-bond acceptors (Lipinski definition) is 8. The van der Waals surface area contributed by atoms with E-state index in [9.17, 15) is 25.6 Å². The Bertz CT molecular complexity index is 2500. The van der Waals surface area contributed by atoms with Crippen LogP contribution in [0, 0.1) is 23.0 Å². The molecular weight excluding hydrogens is 749 g/mol. The number of sulfonamides is 2. The zero-order chi connectivity index (χ0) is 35.7. The molecule has 0 aliphatic heterocycles. The predicted molar refractivity (Wildman–Crippen MR) is 182 cm³/mol. The number of benzene rings is 3. The number of H-pyrrole nitrogens is 2. The van der Waals surface area contributed by atoms with Gasteiger partial charge in [-0.1, -0.05) is 34.8 Å². The van der Waals surface area contributed by atoms with Gasteiger partial charge in [0, 0.05) is 62.4 Å². The smallest absolute Gasteiger partial charge is 0.265 e. The molecule has 254 valence electrons. The van der Waals surface area contributed by atoms with E-state index in [0.29, 0.717) is 31.9 Å². The molecule has 3 aromatic heterocycles. The van der Waals surface area contributed by atoms with Crippen molar-refractivity contribution in [3.63, 3.8) is 0 Å². The third kappa shape index (κ3) is 7.46. The maximum Gasteiger partial charge on any atom is 0.265 e. The molecule has 0 atom stereocenters. The summed E-state index contributed by atoms with van der Waals surface area (Å²) in [5, 5.41) is 10.5. The van der Waals surface area contributed by atoms with Gasteiger partial charge in [-0.3, -0.25) is 9.44 Å². The Hall–Kier alpha value is -4.79.